The Morgan fingerprint density at radius 3 is 2.42 bits per heavy atom. The van der Waals surface area contributed by atoms with Crippen molar-refractivity contribution < 1.29 is 24.1 Å². The van der Waals surface area contributed by atoms with E-state index < -0.39 is 24.1 Å². The molecule has 0 radical (unpaired) electrons. The number of rotatable bonds is 4. The van der Waals surface area contributed by atoms with Crippen LogP contribution in [0, 0.1) is 16.5 Å². The van der Waals surface area contributed by atoms with E-state index in [9.17, 15) is 23.9 Å². The van der Waals surface area contributed by atoms with Crippen LogP contribution < -0.4 is 0 Å². The van der Waals surface area contributed by atoms with E-state index in [4.69, 9.17) is 5.11 Å². The maximum atomic E-state index is 13.6. The molecule has 0 unspecified atom stereocenters. The Kier molecular flexibility index (Phi) is 3.90. The van der Waals surface area contributed by atoms with Crippen molar-refractivity contribution in [3.63, 3.8) is 0 Å². The minimum atomic E-state index is -0.678. The van der Waals surface area contributed by atoms with Crippen molar-refractivity contribution in [2.45, 2.75) is 13.2 Å². The van der Waals surface area contributed by atoms with E-state index in [1.54, 1.807) is 0 Å². The lowest BCUT2D eigenvalue weighted by molar-refractivity contribution is 0.274. The second kappa shape index (κ2) is 5.89. The minimum Gasteiger partial charge on any atom is -0.507 e. The van der Waals surface area contributed by atoms with Gasteiger partial charge in [0.05, 0.1) is 18.7 Å². The molecule has 0 saturated heterocycles. The summed E-state index contributed by atoms with van der Waals surface area (Å²) in [7, 11) is 0. The van der Waals surface area contributed by atoms with E-state index >= 15 is 0 Å². The van der Waals surface area contributed by atoms with Crippen molar-refractivity contribution in [1.29, 1.82) is 0 Å². The molecule has 8 heteroatoms. The Balaban J connectivity index is 2.20. The number of nitrogens with zero attached hydrogens (tertiary/aromatic N) is 2. The Morgan fingerprint density at radius 1 is 1.04 bits per heavy atom. The first kappa shape index (κ1) is 15.9. The van der Waals surface area contributed by atoms with Crippen LogP contribution in [-0.2, 0) is 13.2 Å². The molecule has 2 aromatic carbocycles. The maximum absolute atomic E-state index is 13.6. The van der Waals surface area contributed by atoms with Gasteiger partial charge in [-0.2, -0.15) is 0 Å². The fraction of sp³-hybridized carbons (Fsp3) is 0.125. The van der Waals surface area contributed by atoms with Crippen LogP contribution in [-0.4, -0.2) is 19.9 Å². The number of hydrogen-bond donors (Lipinski definition) is 3. The smallest absolute Gasteiger partial charge is 0.222 e. The highest BCUT2D eigenvalue weighted by Crippen LogP contribution is 2.40. The molecule has 1 heterocycles. The first-order valence-corrected chi connectivity index (χ1v) is 6.91. The lowest BCUT2D eigenvalue weighted by Crippen LogP contribution is -2.02. The first-order chi connectivity index (χ1) is 11.5. The Labute approximate surface area is 134 Å². The third-order valence-electron chi connectivity index (χ3n) is 3.79. The molecule has 0 aliphatic heterocycles. The summed E-state index contributed by atoms with van der Waals surface area (Å²) in [6, 6.07) is 5.55. The van der Waals surface area contributed by atoms with Crippen LogP contribution in [0.1, 0.15) is 11.1 Å². The van der Waals surface area contributed by atoms with Gasteiger partial charge in [0, 0.05) is 16.5 Å². The molecule has 1 aromatic heterocycles. The van der Waals surface area contributed by atoms with Gasteiger partial charge in [0.15, 0.2) is 5.69 Å². The standard InChI is InChI=1S/C16H12F2N2O4/c17-10-1-2-13-12(5-10)14(19-24)16(23)20(13)6-8-3-11(18)4-9(7-21)15(8)22/h1-5,21-23H,6-7H2. The SMILES string of the molecule is O=Nc1c(O)n(Cc2cc(F)cc(CO)c2O)c2ccc(F)cc12. The van der Waals surface area contributed by atoms with Gasteiger partial charge in [-0.25, -0.2) is 8.78 Å². The summed E-state index contributed by atoms with van der Waals surface area (Å²) in [5, 5.41) is 32.2. The van der Waals surface area contributed by atoms with E-state index in [0.717, 1.165) is 24.3 Å². The Morgan fingerprint density at radius 2 is 1.75 bits per heavy atom. The third-order valence-corrected chi connectivity index (χ3v) is 3.79. The van der Waals surface area contributed by atoms with Gasteiger partial charge in [-0.15, -0.1) is 4.91 Å². The van der Waals surface area contributed by atoms with Crippen molar-refractivity contribution >= 4 is 16.6 Å². The fourth-order valence-electron chi connectivity index (χ4n) is 2.67. The quantitative estimate of drug-likeness (QED) is 0.638. The molecule has 0 saturated carbocycles. The van der Waals surface area contributed by atoms with E-state index in [1.807, 2.05) is 0 Å². The average Bonchev–Trinajstić information content (AvgIpc) is 2.81. The zero-order valence-corrected chi connectivity index (χ0v) is 12.2. The van der Waals surface area contributed by atoms with Crippen LogP contribution >= 0.6 is 0 Å². The van der Waals surface area contributed by atoms with Crippen LogP contribution in [0.25, 0.3) is 10.9 Å². The molecule has 24 heavy (non-hydrogen) atoms. The lowest BCUT2D eigenvalue weighted by atomic mass is 10.1. The molecule has 0 spiro atoms. The molecule has 0 fully saturated rings. The van der Waals surface area contributed by atoms with Gasteiger partial charge in [0.1, 0.15) is 17.4 Å². The summed E-state index contributed by atoms with van der Waals surface area (Å²) < 4.78 is 28.2. The molecule has 6 nitrogen and oxygen atoms in total. The number of aliphatic hydroxyl groups excluding tert-OH is 1. The van der Waals surface area contributed by atoms with Gasteiger partial charge in [-0.1, -0.05) is 0 Å². The number of aliphatic hydroxyl groups is 1. The predicted octanol–water partition coefficient (Wildman–Crippen LogP) is 3.27. The fourth-order valence-corrected chi connectivity index (χ4v) is 2.67. The van der Waals surface area contributed by atoms with Gasteiger partial charge < -0.3 is 19.9 Å². The topological polar surface area (TPSA) is 95.0 Å². The molecule has 3 rings (SSSR count). The van der Waals surface area contributed by atoms with Crippen LogP contribution in [0.5, 0.6) is 11.6 Å². The van der Waals surface area contributed by atoms with Crippen LogP contribution in [0.15, 0.2) is 35.5 Å². The number of halogens is 2. The van der Waals surface area contributed by atoms with Crippen molar-refractivity contribution in [3.8, 4) is 11.6 Å². The zero-order chi connectivity index (χ0) is 17.4. The van der Waals surface area contributed by atoms with E-state index in [-0.39, 0.29) is 40.0 Å². The largest absolute Gasteiger partial charge is 0.507 e. The van der Waals surface area contributed by atoms with Gasteiger partial charge in [0.25, 0.3) is 0 Å². The highest BCUT2D eigenvalue weighted by atomic mass is 19.1. The predicted molar refractivity (Wildman–Crippen MR) is 82.1 cm³/mol. The first-order valence-electron chi connectivity index (χ1n) is 6.91. The molecule has 0 amide bonds. The van der Waals surface area contributed by atoms with E-state index in [0.29, 0.717) is 0 Å². The summed E-state index contributed by atoms with van der Waals surface area (Å²) >= 11 is 0. The summed E-state index contributed by atoms with van der Waals surface area (Å²) in [5.41, 5.74) is 0.00856. The molecule has 124 valence electrons. The number of benzene rings is 2. The molecule has 0 bridgehead atoms. The van der Waals surface area contributed by atoms with E-state index in [1.165, 1.54) is 10.6 Å². The summed E-state index contributed by atoms with van der Waals surface area (Å²) in [4.78, 5) is 11.0. The molecule has 3 aromatic rings. The van der Waals surface area contributed by atoms with Gasteiger partial charge in [-0.3, -0.25) is 0 Å². The van der Waals surface area contributed by atoms with Crippen molar-refractivity contribution in [2.75, 3.05) is 0 Å². The van der Waals surface area contributed by atoms with Crippen LogP contribution in [0.2, 0.25) is 0 Å². The second-order valence-electron chi connectivity index (χ2n) is 5.24. The molecule has 3 N–H and O–H groups in total. The molecular weight excluding hydrogens is 322 g/mol. The van der Waals surface area contributed by atoms with Crippen molar-refractivity contribution in [2.24, 2.45) is 5.18 Å². The summed E-state index contributed by atoms with van der Waals surface area (Å²) in [6.07, 6.45) is 0. The Bertz CT molecular complexity index is 953. The maximum Gasteiger partial charge on any atom is 0.222 e. The normalized spacial score (nSPS) is 11.1. The molecule has 0 atom stereocenters. The van der Waals surface area contributed by atoms with Crippen molar-refractivity contribution in [3.05, 3.63) is 58.0 Å². The minimum absolute atomic E-state index is 0.0132. The van der Waals surface area contributed by atoms with Gasteiger partial charge in [-0.05, 0) is 35.5 Å². The number of aromatic hydroxyl groups is 2. The highest BCUT2D eigenvalue weighted by molar-refractivity contribution is 5.95. The zero-order valence-electron chi connectivity index (χ0n) is 12.2. The number of phenols is 1. The number of fused-ring (bicyclic) bond motifs is 1. The number of hydrogen-bond acceptors (Lipinski definition) is 5. The van der Waals surface area contributed by atoms with E-state index in [2.05, 4.69) is 5.18 Å². The average molecular weight is 334 g/mol. The number of nitroso groups, excluding NO2 is 1. The van der Waals surface area contributed by atoms with Crippen LogP contribution in [0.4, 0.5) is 14.5 Å². The summed E-state index contributed by atoms with van der Waals surface area (Å²) in [6.45, 7) is -0.776. The monoisotopic (exact) mass is 334 g/mol. The summed E-state index contributed by atoms with van der Waals surface area (Å²) in [5.74, 6) is -2.15. The second-order valence-corrected chi connectivity index (χ2v) is 5.24. The number of aromatic nitrogens is 1. The third kappa shape index (κ3) is 2.46. The lowest BCUT2D eigenvalue weighted by Gasteiger charge is -2.11. The van der Waals surface area contributed by atoms with Crippen molar-refractivity contribution in [1.82, 2.24) is 4.57 Å². The highest BCUT2D eigenvalue weighted by Gasteiger charge is 2.20. The van der Waals surface area contributed by atoms with Gasteiger partial charge in [0.2, 0.25) is 5.88 Å². The van der Waals surface area contributed by atoms with Crippen LogP contribution in [0.3, 0.4) is 0 Å². The Hall–Kier alpha value is -3.00. The molecule has 0 aliphatic carbocycles. The van der Waals surface area contributed by atoms with Gasteiger partial charge >= 0.3 is 0 Å². The molecular formula is C16H12F2N2O4. The molecule has 0 aliphatic rings.